The second kappa shape index (κ2) is 7.62. The number of aryl methyl sites for hydroxylation is 1. The van der Waals surface area contributed by atoms with E-state index in [1.807, 2.05) is 4.90 Å². The predicted octanol–water partition coefficient (Wildman–Crippen LogP) is 1.41. The highest BCUT2D eigenvalue weighted by Crippen LogP contribution is 2.12. The topological polar surface area (TPSA) is 49.6 Å². The number of carbonyl (C=O) groups excluding carboxylic acids is 1. The first-order valence-corrected chi connectivity index (χ1v) is 6.89. The molecule has 2 rings (SSSR count). The van der Waals surface area contributed by atoms with Crippen molar-refractivity contribution in [3.8, 4) is 0 Å². The van der Waals surface area contributed by atoms with Gasteiger partial charge in [0.25, 0.3) is 0 Å². The fraction of sp³-hybridized carbons (Fsp3) is 0.533. The summed E-state index contributed by atoms with van der Waals surface area (Å²) in [5.74, 6) is 0.0653. The molecule has 0 aliphatic carbocycles. The molecule has 1 aromatic rings. The van der Waals surface area contributed by atoms with Gasteiger partial charge in [0, 0.05) is 32.7 Å². The summed E-state index contributed by atoms with van der Waals surface area (Å²) < 4.78 is 0. The van der Waals surface area contributed by atoms with Gasteiger partial charge in [-0.25, -0.2) is 0 Å². The van der Waals surface area contributed by atoms with E-state index in [4.69, 9.17) is 5.73 Å². The highest BCUT2D eigenvalue weighted by Gasteiger charge is 2.23. The van der Waals surface area contributed by atoms with Gasteiger partial charge in [-0.1, -0.05) is 24.3 Å². The van der Waals surface area contributed by atoms with Crippen molar-refractivity contribution in [3.05, 3.63) is 35.4 Å². The Morgan fingerprint density at radius 1 is 1.25 bits per heavy atom. The molecule has 0 radical (unpaired) electrons. The van der Waals surface area contributed by atoms with Crippen LogP contribution in [0.15, 0.2) is 24.3 Å². The molecule has 0 saturated carbocycles. The monoisotopic (exact) mass is 297 g/mol. The Kier molecular flexibility index (Phi) is 6.46. The number of benzene rings is 1. The summed E-state index contributed by atoms with van der Waals surface area (Å²) in [4.78, 5) is 16.1. The molecule has 20 heavy (non-hydrogen) atoms. The van der Waals surface area contributed by atoms with Gasteiger partial charge in [-0.05, 0) is 25.0 Å². The van der Waals surface area contributed by atoms with Crippen LogP contribution in [0.1, 0.15) is 18.1 Å². The second-order valence-corrected chi connectivity index (χ2v) is 5.32. The molecule has 1 aliphatic heterocycles. The van der Waals surface area contributed by atoms with E-state index < -0.39 is 0 Å². The van der Waals surface area contributed by atoms with Crippen molar-refractivity contribution in [2.45, 2.75) is 26.4 Å². The number of rotatable bonds is 3. The van der Waals surface area contributed by atoms with E-state index in [0.29, 0.717) is 0 Å². The first-order chi connectivity index (χ1) is 9.08. The summed E-state index contributed by atoms with van der Waals surface area (Å²) in [6, 6.07) is 8.08. The lowest BCUT2D eigenvalue weighted by atomic mass is 10.1. The van der Waals surface area contributed by atoms with E-state index >= 15 is 0 Å². The van der Waals surface area contributed by atoms with Crippen LogP contribution in [0, 0.1) is 6.92 Å². The highest BCUT2D eigenvalue weighted by molar-refractivity contribution is 5.85. The molecule has 2 N–H and O–H groups in total. The highest BCUT2D eigenvalue weighted by atomic mass is 35.5. The van der Waals surface area contributed by atoms with Crippen molar-refractivity contribution in [1.82, 2.24) is 9.80 Å². The van der Waals surface area contributed by atoms with Crippen molar-refractivity contribution < 1.29 is 4.79 Å². The van der Waals surface area contributed by atoms with Crippen molar-refractivity contribution in [1.29, 1.82) is 0 Å². The molecule has 0 aromatic heterocycles. The van der Waals surface area contributed by atoms with Gasteiger partial charge in [0.05, 0.1) is 6.04 Å². The van der Waals surface area contributed by atoms with E-state index in [-0.39, 0.29) is 24.4 Å². The molecule has 1 unspecified atom stereocenters. The fourth-order valence-corrected chi connectivity index (χ4v) is 2.44. The van der Waals surface area contributed by atoms with E-state index in [9.17, 15) is 4.79 Å². The Hall–Kier alpha value is -1.10. The van der Waals surface area contributed by atoms with E-state index in [0.717, 1.165) is 32.7 Å². The van der Waals surface area contributed by atoms with Crippen LogP contribution < -0.4 is 5.73 Å². The van der Waals surface area contributed by atoms with Crippen LogP contribution >= 0.6 is 12.4 Å². The minimum Gasteiger partial charge on any atom is -0.339 e. The Labute approximate surface area is 127 Å². The van der Waals surface area contributed by atoms with Crippen LogP contribution in [0.5, 0.6) is 0 Å². The minimum absolute atomic E-state index is 0. The number of carbonyl (C=O) groups is 1. The molecule has 1 heterocycles. The maximum Gasteiger partial charge on any atom is 0.239 e. The number of nitrogens with zero attached hydrogens (tertiary/aromatic N) is 2. The van der Waals surface area contributed by atoms with Crippen LogP contribution in [0.4, 0.5) is 0 Å². The molecule has 5 heteroatoms. The Bertz CT molecular complexity index is 442. The minimum atomic E-state index is -0.386. The molecule has 1 aliphatic rings. The first-order valence-electron chi connectivity index (χ1n) is 6.89. The number of piperazine rings is 1. The van der Waals surface area contributed by atoms with Crippen LogP contribution in [0.2, 0.25) is 0 Å². The first kappa shape index (κ1) is 17.0. The maximum absolute atomic E-state index is 11.8. The molecule has 1 aromatic carbocycles. The van der Waals surface area contributed by atoms with Gasteiger partial charge in [-0.3, -0.25) is 9.69 Å². The number of hydrogen-bond donors (Lipinski definition) is 1. The zero-order valence-electron chi connectivity index (χ0n) is 12.2. The van der Waals surface area contributed by atoms with Gasteiger partial charge < -0.3 is 10.6 Å². The third-order valence-corrected chi connectivity index (χ3v) is 3.73. The van der Waals surface area contributed by atoms with E-state index in [2.05, 4.69) is 36.1 Å². The Morgan fingerprint density at radius 2 is 1.85 bits per heavy atom. The molecule has 0 spiro atoms. The average molecular weight is 298 g/mol. The zero-order valence-corrected chi connectivity index (χ0v) is 13.0. The molecule has 1 atom stereocenters. The van der Waals surface area contributed by atoms with Crippen LogP contribution in [-0.4, -0.2) is 47.9 Å². The second-order valence-electron chi connectivity index (χ2n) is 5.32. The third-order valence-electron chi connectivity index (χ3n) is 3.73. The molecule has 1 amide bonds. The van der Waals surface area contributed by atoms with Gasteiger partial charge >= 0.3 is 0 Å². The van der Waals surface area contributed by atoms with Gasteiger partial charge in [0.15, 0.2) is 0 Å². The quantitative estimate of drug-likeness (QED) is 0.918. The van der Waals surface area contributed by atoms with E-state index in [1.165, 1.54) is 11.1 Å². The number of hydrogen-bond acceptors (Lipinski definition) is 3. The summed E-state index contributed by atoms with van der Waals surface area (Å²) in [6.07, 6.45) is 0. The predicted molar refractivity (Wildman–Crippen MR) is 83.9 cm³/mol. The Balaban J connectivity index is 0.00000200. The normalized spacial score (nSPS) is 17.4. The van der Waals surface area contributed by atoms with Gasteiger partial charge in [-0.15, -0.1) is 12.4 Å². The van der Waals surface area contributed by atoms with Crippen molar-refractivity contribution >= 4 is 18.3 Å². The molecule has 0 bridgehead atoms. The van der Waals surface area contributed by atoms with Crippen molar-refractivity contribution in [2.75, 3.05) is 26.2 Å². The van der Waals surface area contributed by atoms with Gasteiger partial charge in [0.1, 0.15) is 0 Å². The summed E-state index contributed by atoms with van der Waals surface area (Å²) in [5, 5.41) is 0. The summed E-state index contributed by atoms with van der Waals surface area (Å²) in [5.41, 5.74) is 8.34. The molecular weight excluding hydrogens is 274 g/mol. The molecular formula is C15H24ClN3O. The van der Waals surface area contributed by atoms with Gasteiger partial charge in [-0.2, -0.15) is 0 Å². The van der Waals surface area contributed by atoms with Crippen LogP contribution in [0.3, 0.4) is 0 Å². The summed E-state index contributed by atoms with van der Waals surface area (Å²) in [6.45, 7) is 8.28. The van der Waals surface area contributed by atoms with Crippen LogP contribution in [-0.2, 0) is 11.3 Å². The number of halogens is 1. The number of amides is 1. The summed E-state index contributed by atoms with van der Waals surface area (Å²) in [7, 11) is 0. The molecule has 112 valence electrons. The Morgan fingerprint density at radius 3 is 2.40 bits per heavy atom. The van der Waals surface area contributed by atoms with Crippen molar-refractivity contribution in [2.24, 2.45) is 5.73 Å². The van der Waals surface area contributed by atoms with Crippen LogP contribution in [0.25, 0.3) is 0 Å². The molecule has 4 nitrogen and oxygen atoms in total. The van der Waals surface area contributed by atoms with Crippen molar-refractivity contribution in [3.63, 3.8) is 0 Å². The average Bonchev–Trinajstić information content (AvgIpc) is 2.41. The lowest BCUT2D eigenvalue weighted by molar-refractivity contribution is -0.134. The summed E-state index contributed by atoms with van der Waals surface area (Å²) >= 11 is 0. The third kappa shape index (κ3) is 4.20. The zero-order chi connectivity index (χ0) is 13.8. The molecule has 1 saturated heterocycles. The maximum atomic E-state index is 11.8. The SMILES string of the molecule is Cc1ccccc1CN1CCN(C(=O)C(C)N)CC1.Cl. The molecule has 1 fully saturated rings. The fourth-order valence-electron chi connectivity index (χ4n) is 2.44. The largest absolute Gasteiger partial charge is 0.339 e. The lowest BCUT2D eigenvalue weighted by Gasteiger charge is -2.35. The van der Waals surface area contributed by atoms with E-state index in [1.54, 1.807) is 6.92 Å². The standard InChI is InChI=1S/C15H23N3O.ClH/c1-12-5-3-4-6-14(12)11-17-7-9-18(10-8-17)15(19)13(2)16;/h3-6,13H,7-11,16H2,1-2H3;1H. The van der Waals surface area contributed by atoms with Gasteiger partial charge in [0.2, 0.25) is 5.91 Å². The smallest absolute Gasteiger partial charge is 0.239 e. The lowest BCUT2D eigenvalue weighted by Crippen LogP contribution is -2.52. The number of nitrogens with two attached hydrogens (primary N) is 1.